The van der Waals surface area contributed by atoms with E-state index in [2.05, 4.69) is 0 Å². The molecule has 0 aliphatic carbocycles. The van der Waals surface area contributed by atoms with Gasteiger partial charge in [0.1, 0.15) is 0 Å². The van der Waals surface area contributed by atoms with E-state index in [1.54, 1.807) is 12.1 Å². The summed E-state index contributed by atoms with van der Waals surface area (Å²) >= 11 is 0. The number of alkyl halides is 1. The van der Waals surface area contributed by atoms with Gasteiger partial charge < -0.3 is 0 Å². The van der Waals surface area contributed by atoms with Crippen LogP contribution in [0.1, 0.15) is 17.4 Å². The molecule has 1 unspecified atom stereocenters. The number of nitrogens with two attached hydrogens (primary N) is 1. The number of hydrogen-bond acceptors (Lipinski definition) is 1. The molecule has 0 saturated heterocycles. The van der Waals surface area contributed by atoms with Gasteiger partial charge in [0, 0.05) is 5.56 Å². The topological polar surface area (TPSA) is 26.0 Å². The fourth-order valence-corrected chi connectivity index (χ4v) is 0.750. The lowest BCUT2D eigenvalue weighted by Crippen LogP contribution is -2.02. The molecule has 2 heteroatoms. The molecule has 0 radical (unpaired) electrons. The summed E-state index contributed by atoms with van der Waals surface area (Å²) in [4.78, 5) is 0. The minimum atomic E-state index is -1.35. The molecule has 0 aliphatic rings. The van der Waals surface area contributed by atoms with Crippen LogP contribution in [-0.4, -0.2) is 0 Å². The van der Waals surface area contributed by atoms with Crippen molar-refractivity contribution in [2.75, 3.05) is 0 Å². The van der Waals surface area contributed by atoms with Crippen molar-refractivity contribution in [3.05, 3.63) is 35.4 Å². The lowest BCUT2D eigenvalue weighted by atomic mass is 10.1. The van der Waals surface area contributed by atoms with E-state index in [0.717, 1.165) is 5.56 Å². The molecule has 0 spiro atoms. The Morgan fingerprint density at radius 1 is 1.30 bits per heavy atom. The average molecular weight is 139 g/mol. The molecule has 10 heavy (non-hydrogen) atoms. The highest BCUT2D eigenvalue weighted by Crippen LogP contribution is 2.11. The Labute approximate surface area is 59.7 Å². The summed E-state index contributed by atoms with van der Waals surface area (Å²) in [5, 5.41) is 0. The second kappa shape index (κ2) is 2.80. The Bertz CT molecular complexity index is 203. The molecule has 1 aromatic carbocycles. The first-order valence-electron chi connectivity index (χ1n) is 3.16. The van der Waals surface area contributed by atoms with Gasteiger partial charge in [0.2, 0.25) is 0 Å². The summed E-state index contributed by atoms with van der Waals surface area (Å²) in [6, 6.07) is 7.07. The van der Waals surface area contributed by atoms with Crippen LogP contribution in [0.5, 0.6) is 0 Å². The highest BCUT2D eigenvalue weighted by atomic mass is 19.1. The van der Waals surface area contributed by atoms with Crippen LogP contribution >= 0.6 is 0 Å². The standard InChI is InChI=1S/C8H10FN/c1-6-2-4-7(5-3-6)8(9)10/h2-5,8H,10H2,1H3. The summed E-state index contributed by atoms with van der Waals surface area (Å²) in [6.45, 7) is 1.95. The summed E-state index contributed by atoms with van der Waals surface area (Å²) in [6.07, 6.45) is -1.35. The maximum Gasteiger partial charge on any atom is 0.174 e. The van der Waals surface area contributed by atoms with E-state index in [1.165, 1.54) is 0 Å². The maximum atomic E-state index is 12.3. The van der Waals surface area contributed by atoms with Crippen LogP contribution in [-0.2, 0) is 0 Å². The first kappa shape index (κ1) is 7.22. The predicted molar refractivity (Wildman–Crippen MR) is 39.2 cm³/mol. The van der Waals surface area contributed by atoms with Crippen molar-refractivity contribution in [1.82, 2.24) is 0 Å². The molecule has 0 bridgehead atoms. The second-order valence-corrected chi connectivity index (χ2v) is 2.31. The molecule has 1 nitrogen and oxygen atoms in total. The number of hydrogen-bond donors (Lipinski definition) is 1. The van der Waals surface area contributed by atoms with Crippen LogP contribution in [0.4, 0.5) is 4.39 Å². The molecule has 0 aliphatic heterocycles. The normalized spacial score (nSPS) is 13.1. The highest BCUT2D eigenvalue weighted by Gasteiger charge is 1.99. The Morgan fingerprint density at radius 2 is 1.80 bits per heavy atom. The van der Waals surface area contributed by atoms with Gasteiger partial charge >= 0.3 is 0 Å². The van der Waals surface area contributed by atoms with Gasteiger partial charge in [0.05, 0.1) is 0 Å². The Morgan fingerprint density at radius 3 is 2.20 bits per heavy atom. The Balaban J connectivity index is 2.89. The monoisotopic (exact) mass is 139 g/mol. The van der Waals surface area contributed by atoms with Crippen molar-refractivity contribution in [3.8, 4) is 0 Å². The lowest BCUT2D eigenvalue weighted by Gasteiger charge is -2.00. The number of aryl methyl sites for hydroxylation is 1. The molecule has 2 N–H and O–H groups in total. The number of benzene rings is 1. The molecular formula is C8H10FN. The van der Waals surface area contributed by atoms with Crippen molar-refractivity contribution in [3.63, 3.8) is 0 Å². The molecule has 1 rings (SSSR count). The van der Waals surface area contributed by atoms with Gasteiger partial charge in [-0.1, -0.05) is 29.8 Å². The van der Waals surface area contributed by atoms with Gasteiger partial charge in [-0.25, -0.2) is 4.39 Å². The van der Waals surface area contributed by atoms with Gasteiger partial charge in [-0.2, -0.15) is 0 Å². The third kappa shape index (κ3) is 1.54. The molecule has 0 fully saturated rings. The van der Waals surface area contributed by atoms with Crippen molar-refractivity contribution in [2.24, 2.45) is 5.73 Å². The fraction of sp³-hybridized carbons (Fsp3) is 0.250. The second-order valence-electron chi connectivity index (χ2n) is 2.31. The van der Waals surface area contributed by atoms with Crippen LogP contribution in [0.15, 0.2) is 24.3 Å². The molecule has 1 aromatic rings. The summed E-state index contributed by atoms with van der Waals surface area (Å²) in [7, 11) is 0. The fourth-order valence-electron chi connectivity index (χ4n) is 0.750. The van der Waals surface area contributed by atoms with Crippen LogP contribution in [0.2, 0.25) is 0 Å². The Hall–Kier alpha value is -0.890. The maximum absolute atomic E-state index is 12.3. The van der Waals surface area contributed by atoms with Crippen molar-refractivity contribution in [2.45, 2.75) is 13.2 Å². The lowest BCUT2D eigenvalue weighted by molar-refractivity contribution is 0.356. The molecule has 54 valence electrons. The summed E-state index contributed by atoms with van der Waals surface area (Å²) in [5.74, 6) is 0. The smallest absolute Gasteiger partial charge is 0.174 e. The largest absolute Gasteiger partial charge is 0.298 e. The zero-order chi connectivity index (χ0) is 7.56. The van der Waals surface area contributed by atoms with E-state index in [4.69, 9.17) is 5.73 Å². The van der Waals surface area contributed by atoms with Gasteiger partial charge in [-0.05, 0) is 6.92 Å². The van der Waals surface area contributed by atoms with Gasteiger partial charge in [0.15, 0.2) is 6.30 Å². The molecule has 0 amide bonds. The van der Waals surface area contributed by atoms with E-state index in [-0.39, 0.29) is 0 Å². The molecule has 1 atom stereocenters. The van der Waals surface area contributed by atoms with E-state index in [1.807, 2.05) is 19.1 Å². The zero-order valence-electron chi connectivity index (χ0n) is 5.84. The van der Waals surface area contributed by atoms with E-state index >= 15 is 0 Å². The summed E-state index contributed by atoms with van der Waals surface area (Å²) in [5.41, 5.74) is 6.65. The summed E-state index contributed by atoms with van der Waals surface area (Å²) < 4.78 is 12.3. The Kier molecular flexibility index (Phi) is 2.02. The van der Waals surface area contributed by atoms with E-state index in [9.17, 15) is 4.39 Å². The van der Waals surface area contributed by atoms with Crippen LogP contribution in [0, 0.1) is 6.92 Å². The minimum Gasteiger partial charge on any atom is -0.298 e. The predicted octanol–water partition coefficient (Wildman–Crippen LogP) is 1.92. The molecule has 0 heterocycles. The van der Waals surface area contributed by atoms with Crippen molar-refractivity contribution >= 4 is 0 Å². The average Bonchev–Trinajstić information content (AvgIpc) is 1.88. The van der Waals surface area contributed by atoms with Crippen LogP contribution in [0.3, 0.4) is 0 Å². The third-order valence-corrected chi connectivity index (χ3v) is 1.40. The number of halogens is 1. The van der Waals surface area contributed by atoms with Crippen molar-refractivity contribution in [1.29, 1.82) is 0 Å². The number of rotatable bonds is 1. The van der Waals surface area contributed by atoms with E-state index < -0.39 is 6.30 Å². The quantitative estimate of drug-likeness (QED) is 0.591. The van der Waals surface area contributed by atoms with Crippen LogP contribution < -0.4 is 5.73 Å². The minimum absolute atomic E-state index is 0.533. The highest BCUT2D eigenvalue weighted by molar-refractivity contribution is 5.22. The zero-order valence-corrected chi connectivity index (χ0v) is 5.84. The van der Waals surface area contributed by atoms with Crippen molar-refractivity contribution < 1.29 is 4.39 Å². The molecule has 0 saturated carbocycles. The van der Waals surface area contributed by atoms with Crippen LogP contribution in [0.25, 0.3) is 0 Å². The SMILES string of the molecule is Cc1ccc(C(N)F)cc1. The first-order chi connectivity index (χ1) is 4.70. The van der Waals surface area contributed by atoms with E-state index in [0.29, 0.717) is 5.56 Å². The molecular weight excluding hydrogens is 129 g/mol. The first-order valence-corrected chi connectivity index (χ1v) is 3.16. The van der Waals surface area contributed by atoms with Gasteiger partial charge in [-0.3, -0.25) is 5.73 Å². The third-order valence-electron chi connectivity index (χ3n) is 1.40. The van der Waals surface area contributed by atoms with Gasteiger partial charge in [-0.15, -0.1) is 0 Å². The molecule has 0 aromatic heterocycles. The van der Waals surface area contributed by atoms with Gasteiger partial charge in [0.25, 0.3) is 0 Å².